The fourth-order valence-electron chi connectivity index (χ4n) is 14.1. The van der Waals surface area contributed by atoms with Crippen LogP contribution in [0.4, 0.5) is 51.2 Å². The summed E-state index contributed by atoms with van der Waals surface area (Å²) in [6.45, 7) is 32.4. The van der Waals surface area contributed by atoms with E-state index in [2.05, 4.69) is 316 Å². The zero-order valence-corrected chi connectivity index (χ0v) is 52.6. The highest BCUT2D eigenvalue weighted by molar-refractivity contribution is 7.22. The summed E-state index contributed by atoms with van der Waals surface area (Å²) in [5, 5.41) is 3.77. The standard InChI is InChI=1S/C79H75BN4S/c1-48-38-70-75-71(39-48)84(61-42-49(2)74(50(3)43-61)73-44-53-22-18-21-27-72(53)85-73)67-37-30-55(78(9,10)11)45-65(67)80(75)64-36-34-60(47-69(64)83(70)58-31-28-54(29-32-58)77(6,7)8)81(76-51(4)40-56(41-52(76)5)79(12,13)14)59-33-35-63-62-25-19-20-26-66(62)82(68(63)46-59)57-23-16-15-17-24-57/h15-47H,1-14H3. The van der Waals surface area contributed by atoms with Gasteiger partial charge in [-0.3, -0.25) is 0 Å². The Morgan fingerprint density at radius 3 is 1.66 bits per heavy atom. The zero-order valence-electron chi connectivity index (χ0n) is 51.8. The Morgan fingerprint density at radius 1 is 0.400 bits per heavy atom. The predicted octanol–water partition coefficient (Wildman–Crippen LogP) is 20.7. The van der Waals surface area contributed by atoms with Gasteiger partial charge in [-0.25, -0.2) is 0 Å². The van der Waals surface area contributed by atoms with E-state index in [1.165, 1.54) is 137 Å². The van der Waals surface area contributed by atoms with Crippen molar-refractivity contribution >= 4 is 118 Å². The summed E-state index contributed by atoms with van der Waals surface area (Å²) in [4.78, 5) is 9.07. The van der Waals surface area contributed by atoms with Crippen LogP contribution in [0.5, 0.6) is 0 Å². The fraction of sp³-hybridized carbons (Fsp3) is 0.215. The molecule has 12 aromatic rings. The smallest absolute Gasteiger partial charge is 0.252 e. The molecule has 0 radical (unpaired) electrons. The molecule has 6 heteroatoms. The first-order chi connectivity index (χ1) is 40.6. The number of para-hydroxylation sites is 2. The van der Waals surface area contributed by atoms with Gasteiger partial charge in [0, 0.05) is 71.5 Å². The molecule has 0 saturated carbocycles. The second kappa shape index (κ2) is 19.8. The van der Waals surface area contributed by atoms with E-state index in [1.807, 2.05) is 11.3 Å². The van der Waals surface area contributed by atoms with Gasteiger partial charge in [-0.15, -0.1) is 11.3 Å². The van der Waals surface area contributed by atoms with Crippen molar-refractivity contribution in [1.29, 1.82) is 0 Å². The highest BCUT2D eigenvalue weighted by atomic mass is 32.1. The van der Waals surface area contributed by atoms with Gasteiger partial charge in [0.2, 0.25) is 0 Å². The molecule has 0 fully saturated rings. The van der Waals surface area contributed by atoms with E-state index in [-0.39, 0.29) is 23.0 Å². The molecule has 0 N–H and O–H groups in total. The van der Waals surface area contributed by atoms with E-state index in [4.69, 9.17) is 0 Å². The minimum atomic E-state index is -0.0798. The molecule has 85 heavy (non-hydrogen) atoms. The van der Waals surface area contributed by atoms with E-state index < -0.39 is 0 Å². The molecule has 0 saturated heterocycles. The minimum Gasteiger partial charge on any atom is -0.311 e. The molecule has 14 rings (SSSR count). The highest BCUT2D eigenvalue weighted by Crippen LogP contribution is 2.50. The van der Waals surface area contributed by atoms with Crippen molar-refractivity contribution in [3.05, 3.63) is 245 Å². The lowest BCUT2D eigenvalue weighted by Gasteiger charge is -2.45. The second-order valence-corrected chi connectivity index (χ2v) is 28.5. The van der Waals surface area contributed by atoms with Crippen LogP contribution >= 0.6 is 11.3 Å². The van der Waals surface area contributed by atoms with Gasteiger partial charge in [-0.05, 0) is 220 Å². The summed E-state index contributed by atoms with van der Waals surface area (Å²) in [6, 6.07) is 76.9. The number of aryl methyl sites for hydroxylation is 5. The summed E-state index contributed by atoms with van der Waals surface area (Å²) in [5.74, 6) is 0. The quantitative estimate of drug-likeness (QED) is 0.148. The number of rotatable bonds is 7. The first kappa shape index (κ1) is 54.4. The Balaban J connectivity index is 1.03. The normalized spacial score (nSPS) is 13.2. The Labute approximate surface area is 507 Å². The van der Waals surface area contributed by atoms with Crippen LogP contribution in [0.15, 0.2) is 200 Å². The number of benzene rings is 10. The van der Waals surface area contributed by atoms with Crippen LogP contribution < -0.4 is 31.1 Å². The zero-order chi connectivity index (χ0) is 59.2. The molecule has 4 heterocycles. The predicted molar refractivity (Wildman–Crippen MR) is 370 cm³/mol. The number of hydrogen-bond acceptors (Lipinski definition) is 4. The molecule has 2 aliphatic heterocycles. The van der Waals surface area contributed by atoms with Gasteiger partial charge in [0.1, 0.15) is 0 Å². The Kier molecular flexibility index (Phi) is 12.6. The van der Waals surface area contributed by atoms with Gasteiger partial charge < -0.3 is 19.3 Å². The van der Waals surface area contributed by atoms with Crippen LogP contribution in [0.1, 0.15) is 107 Å². The third kappa shape index (κ3) is 9.01. The van der Waals surface area contributed by atoms with Crippen LogP contribution in [0, 0.1) is 34.6 Å². The highest BCUT2D eigenvalue weighted by Gasteiger charge is 2.44. The largest absolute Gasteiger partial charge is 0.311 e. The van der Waals surface area contributed by atoms with E-state index in [0.29, 0.717) is 0 Å². The number of hydrogen-bond donors (Lipinski definition) is 0. The summed E-state index contributed by atoms with van der Waals surface area (Å²) >= 11 is 1.89. The van der Waals surface area contributed by atoms with E-state index in [1.54, 1.807) is 0 Å². The molecule has 420 valence electrons. The Morgan fingerprint density at radius 2 is 0.988 bits per heavy atom. The Bertz CT molecular complexity index is 4590. The summed E-state index contributed by atoms with van der Waals surface area (Å²) in [5.41, 5.74) is 29.5. The van der Waals surface area contributed by atoms with Crippen molar-refractivity contribution in [2.24, 2.45) is 0 Å². The SMILES string of the molecule is Cc1cc2c3c(c1)N(c1ccc(C(C)(C)C)cc1)c1cc(N(c4ccc5c6ccccc6n(-c6ccccc6)c5c4)c4c(C)cc(C(C)(C)C)cc4C)ccc1B3c1cc(C(C)(C)C)ccc1N2c1cc(C)c(-c2cc3ccccc3s2)c(C)c1. The van der Waals surface area contributed by atoms with Crippen molar-refractivity contribution in [3.63, 3.8) is 0 Å². The lowest BCUT2D eigenvalue weighted by molar-refractivity contribution is 0.589. The fourth-order valence-corrected chi connectivity index (χ4v) is 15.3. The second-order valence-electron chi connectivity index (χ2n) is 27.4. The van der Waals surface area contributed by atoms with Crippen LogP contribution in [0.2, 0.25) is 0 Å². The van der Waals surface area contributed by atoms with Crippen LogP contribution in [0.25, 0.3) is 48.0 Å². The molecule has 0 spiro atoms. The molecule has 0 atom stereocenters. The van der Waals surface area contributed by atoms with Gasteiger partial charge in [0.25, 0.3) is 6.71 Å². The maximum Gasteiger partial charge on any atom is 0.252 e. The average Bonchev–Trinajstić information content (AvgIpc) is 1.39. The molecule has 0 bridgehead atoms. The third-order valence-electron chi connectivity index (χ3n) is 18.3. The van der Waals surface area contributed by atoms with E-state index in [9.17, 15) is 0 Å². The topological polar surface area (TPSA) is 14.7 Å². The number of thiophene rings is 1. The van der Waals surface area contributed by atoms with Crippen molar-refractivity contribution in [2.45, 2.75) is 113 Å². The molecular weight excluding hydrogens is 1050 g/mol. The van der Waals surface area contributed by atoms with Gasteiger partial charge in [0.05, 0.1) is 16.7 Å². The van der Waals surface area contributed by atoms with Gasteiger partial charge >= 0.3 is 0 Å². The molecule has 4 nitrogen and oxygen atoms in total. The number of nitrogens with zero attached hydrogens (tertiary/aromatic N) is 4. The number of anilines is 9. The summed E-state index contributed by atoms with van der Waals surface area (Å²) < 4.78 is 3.76. The maximum absolute atomic E-state index is 2.60. The molecule has 0 amide bonds. The van der Waals surface area contributed by atoms with Gasteiger partial charge in [-0.1, -0.05) is 165 Å². The number of aromatic nitrogens is 1. The van der Waals surface area contributed by atoms with Crippen LogP contribution in [0.3, 0.4) is 0 Å². The van der Waals surface area contributed by atoms with Gasteiger partial charge in [0.15, 0.2) is 0 Å². The van der Waals surface area contributed by atoms with Crippen LogP contribution in [-0.2, 0) is 16.2 Å². The van der Waals surface area contributed by atoms with Crippen molar-refractivity contribution < 1.29 is 0 Å². The molecule has 2 aliphatic rings. The van der Waals surface area contributed by atoms with E-state index in [0.717, 1.165) is 22.7 Å². The third-order valence-corrected chi connectivity index (χ3v) is 19.4. The molecule has 2 aromatic heterocycles. The maximum atomic E-state index is 2.60. The average molecular weight is 1120 g/mol. The van der Waals surface area contributed by atoms with Crippen LogP contribution in [-0.4, -0.2) is 11.3 Å². The van der Waals surface area contributed by atoms with Crippen molar-refractivity contribution in [3.8, 4) is 16.1 Å². The Hall–Kier alpha value is -8.58. The molecular formula is C79H75BN4S. The number of fused-ring (bicyclic) bond motifs is 8. The monoisotopic (exact) mass is 1120 g/mol. The molecule has 10 aromatic carbocycles. The van der Waals surface area contributed by atoms with Crippen molar-refractivity contribution in [1.82, 2.24) is 4.57 Å². The van der Waals surface area contributed by atoms with Gasteiger partial charge in [-0.2, -0.15) is 0 Å². The molecule has 0 unspecified atom stereocenters. The first-order valence-corrected chi connectivity index (χ1v) is 31.2. The minimum absolute atomic E-state index is 0.0110. The first-order valence-electron chi connectivity index (χ1n) is 30.3. The lowest BCUT2D eigenvalue weighted by Crippen LogP contribution is -2.61. The lowest BCUT2D eigenvalue weighted by atomic mass is 9.33. The van der Waals surface area contributed by atoms with Crippen molar-refractivity contribution in [2.75, 3.05) is 14.7 Å². The molecule has 0 aliphatic carbocycles. The summed E-state index contributed by atoms with van der Waals surface area (Å²) in [7, 11) is 0. The summed E-state index contributed by atoms with van der Waals surface area (Å²) in [6.07, 6.45) is 0. The van der Waals surface area contributed by atoms with E-state index >= 15 is 0 Å².